The van der Waals surface area contributed by atoms with Gasteiger partial charge < -0.3 is 4.52 Å². The Morgan fingerprint density at radius 3 is 2.21 bits per heavy atom. The summed E-state index contributed by atoms with van der Waals surface area (Å²) in [7, 11) is 0. The molecule has 0 atom stereocenters. The zero-order chi connectivity index (χ0) is 12.9. The van der Waals surface area contributed by atoms with Crippen molar-refractivity contribution in [1.29, 1.82) is 0 Å². The van der Waals surface area contributed by atoms with E-state index in [0.717, 1.165) is 22.4 Å². The van der Waals surface area contributed by atoms with Gasteiger partial charge in [0.05, 0.1) is 0 Å². The summed E-state index contributed by atoms with van der Waals surface area (Å²) >= 11 is 0. The molecular weight excluding hydrogens is 236 g/mol. The Kier molecular flexibility index (Phi) is 3.19. The molecule has 0 N–H and O–H groups in total. The SMILES string of the molecule is C(=C(c1ccccc1)c1conn1)c1ccccc1. The van der Waals surface area contributed by atoms with E-state index in [1.54, 1.807) is 6.26 Å². The molecule has 1 heterocycles. The van der Waals surface area contributed by atoms with E-state index in [-0.39, 0.29) is 0 Å². The molecule has 3 rings (SSSR count). The van der Waals surface area contributed by atoms with Crippen molar-refractivity contribution in [3.05, 3.63) is 83.7 Å². The summed E-state index contributed by atoms with van der Waals surface area (Å²) in [5, 5.41) is 7.55. The van der Waals surface area contributed by atoms with Crippen molar-refractivity contribution < 1.29 is 4.52 Å². The normalized spacial score (nSPS) is 11.5. The molecule has 3 heteroatoms. The average molecular weight is 248 g/mol. The molecule has 0 bridgehead atoms. The minimum Gasteiger partial charge on any atom is -0.345 e. The molecular formula is C16H12N2O. The average Bonchev–Trinajstić information content (AvgIpc) is 3.01. The Bertz CT molecular complexity index is 658. The lowest BCUT2D eigenvalue weighted by atomic mass is 10.0. The Hall–Kier alpha value is -2.68. The maximum Gasteiger partial charge on any atom is 0.152 e. The van der Waals surface area contributed by atoms with Crippen molar-refractivity contribution in [1.82, 2.24) is 10.4 Å². The summed E-state index contributed by atoms with van der Waals surface area (Å²) in [6.45, 7) is 0. The molecule has 0 saturated heterocycles. The van der Waals surface area contributed by atoms with Gasteiger partial charge in [-0.25, -0.2) is 0 Å². The van der Waals surface area contributed by atoms with Gasteiger partial charge in [-0.2, -0.15) is 0 Å². The zero-order valence-electron chi connectivity index (χ0n) is 10.2. The first-order valence-corrected chi connectivity index (χ1v) is 6.03. The van der Waals surface area contributed by atoms with Gasteiger partial charge >= 0.3 is 0 Å². The van der Waals surface area contributed by atoms with E-state index in [2.05, 4.69) is 28.6 Å². The third kappa shape index (κ3) is 2.60. The first-order valence-electron chi connectivity index (χ1n) is 6.03. The highest BCUT2D eigenvalue weighted by atomic mass is 16.5. The van der Waals surface area contributed by atoms with Crippen molar-refractivity contribution in [3.8, 4) is 0 Å². The first kappa shape index (κ1) is 11.4. The van der Waals surface area contributed by atoms with Crippen LogP contribution in [0, 0.1) is 0 Å². The summed E-state index contributed by atoms with van der Waals surface area (Å²) < 4.78 is 4.85. The number of rotatable bonds is 3. The van der Waals surface area contributed by atoms with E-state index in [1.165, 1.54) is 0 Å². The van der Waals surface area contributed by atoms with Crippen LogP contribution >= 0.6 is 0 Å². The Morgan fingerprint density at radius 1 is 0.895 bits per heavy atom. The third-order valence-corrected chi connectivity index (χ3v) is 2.83. The molecule has 0 saturated carbocycles. The summed E-state index contributed by atoms with van der Waals surface area (Å²) in [5.41, 5.74) is 3.93. The molecule has 0 spiro atoms. The van der Waals surface area contributed by atoms with E-state index < -0.39 is 0 Å². The molecule has 0 fully saturated rings. The summed E-state index contributed by atoms with van der Waals surface area (Å²) in [5.74, 6) is 0. The smallest absolute Gasteiger partial charge is 0.152 e. The first-order chi connectivity index (χ1) is 9.43. The Morgan fingerprint density at radius 2 is 1.58 bits per heavy atom. The molecule has 1 aromatic heterocycles. The van der Waals surface area contributed by atoms with Crippen molar-refractivity contribution >= 4 is 11.6 Å². The fourth-order valence-electron chi connectivity index (χ4n) is 1.92. The van der Waals surface area contributed by atoms with Gasteiger partial charge in [-0.3, -0.25) is 0 Å². The van der Waals surface area contributed by atoms with E-state index >= 15 is 0 Å². The van der Waals surface area contributed by atoms with Crippen LogP contribution in [0.25, 0.3) is 11.6 Å². The maximum atomic E-state index is 4.85. The molecule has 2 aromatic carbocycles. The number of hydrogen-bond acceptors (Lipinski definition) is 3. The summed E-state index contributed by atoms with van der Waals surface area (Å²) in [6.07, 6.45) is 3.64. The van der Waals surface area contributed by atoms with E-state index in [0.29, 0.717) is 0 Å². The highest BCUT2D eigenvalue weighted by Crippen LogP contribution is 2.24. The molecule has 92 valence electrons. The van der Waals surface area contributed by atoms with Crippen LogP contribution in [0.1, 0.15) is 16.8 Å². The minimum atomic E-state index is 0.732. The summed E-state index contributed by atoms with van der Waals surface area (Å²) in [6, 6.07) is 20.2. The molecule has 0 radical (unpaired) electrons. The van der Waals surface area contributed by atoms with Crippen LogP contribution in [0.3, 0.4) is 0 Å². The van der Waals surface area contributed by atoms with Crippen LogP contribution in [0.4, 0.5) is 0 Å². The third-order valence-electron chi connectivity index (χ3n) is 2.83. The number of nitrogens with zero attached hydrogens (tertiary/aromatic N) is 2. The second-order valence-corrected chi connectivity index (χ2v) is 4.12. The molecule has 3 aromatic rings. The minimum absolute atomic E-state index is 0.732. The lowest BCUT2D eigenvalue weighted by Gasteiger charge is -2.04. The molecule has 0 unspecified atom stereocenters. The van der Waals surface area contributed by atoms with Crippen LogP contribution in [0.2, 0.25) is 0 Å². The van der Waals surface area contributed by atoms with Gasteiger partial charge in [0.2, 0.25) is 0 Å². The highest BCUT2D eigenvalue weighted by molar-refractivity contribution is 5.89. The predicted molar refractivity (Wildman–Crippen MR) is 74.2 cm³/mol. The van der Waals surface area contributed by atoms with Gasteiger partial charge in [0.25, 0.3) is 0 Å². The van der Waals surface area contributed by atoms with Crippen LogP contribution in [0.15, 0.2) is 71.4 Å². The molecule has 0 amide bonds. The maximum absolute atomic E-state index is 4.85. The van der Waals surface area contributed by atoms with Crippen molar-refractivity contribution in [3.63, 3.8) is 0 Å². The highest BCUT2D eigenvalue weighted by Gasteiger charge is 2.08. The van der Waals surface area contributed by atoms with Crippen LogP contribution in [-0.4, -0.2) is 10.4 Å². The van der Waals surface area contributed by atoms with Gasteiger partial charge in [0.15, 0.2) is 6.26 Å². The fraction of sp³-hybridized carbons (Fsp3) is 0. The molecule has 19 heavy (non-hydrogen) atoms. The van der Waals surface area contributed by atoms with Crippen LogP contribution in [0.5, 0.6) is 0 Å². The lowest BCUT2D eigenvalue weighted by molar-refractivity contribution is 0.393. The van der Waals surface area contributed by atoms with Gasteiger partial charge in [-0.1, -0.05) is 60.7 Å². The summed E-state index contributed by atoms with van der Waals surface area (Å²) in [4.78, 5) is 0. The number of benzene rings is 2. The number of aromatic nitrogens is 2. The van der Waals surface area contributed by atoms with E-state index in [1.807, 2.05) is 48.5 Å². The zero-order valence-corrected chi connectivity index (χ0v) is 10.2. The van der Waals surface area contributed by atoms with Gasteiger partial charge in [0.1, 0.15) is 5.69 Å². The van der Waals surface area contributed by atoms with Crippen LogP contribution in [-0.2, 0) is 0 Å². The van der Waals surface area contributed by atoms with Crippen LogP contribution < -0.4 is 0 Å². The monoisotopic (exact) mass is 248 g/mol. The van der Waals surface area contributed by atoms with Crippen molar-refractivity contribution in [2.24, 2.45) is 0 Å². The number of hydrogen-bond donors (Lipinski definition) is 0. The quantitative estimate of drug-likeness (QED) is 0.664. The molecule has 3 nitrogen and oxygen atoms in total. The second-order valence-electron chi connectivity index (χ2n) is 4.12. The second kappa shape index (κ2) is 5.31. The van der Waals surface area contributed by atoms with Gasteiger partial charge in [0, 0.05) is 10.8 Å². The topological polar surface area (TPSA) is 38.9 Å². The van der Waals surface area contributed by atoms with E-state index in [4.69, 9.17) is 4.52 Å². The molecule has 0 aliphatic heterocycles. The van der Waals surface area contributed by atoms with Gasteiger partial charge in [-0.15, -0.1) is 5.10 Å². The molecule has 0 aliphatic carbocycles. The molecule has 0 aliphatic rings. The van der Waals surface area contributed by atoms with E-state index in [9.17, 15) is 0 Å². The standard InChI is InChI=1S/C16H12N2O/c1-3-7-13(8-4-1)11-15(16-12-19-18-17-16)14-9-5-2-6-10-14/h1-12H. The van der Waals surface area contributed by atoms with Gasteiger partial charge in [-0.05, 0) is 17.2 Å². The Labute approximate surface area is 111 Å². The van der Waals surface area contributed by atoms with Crippen molar-refractivity contribution in [2.45, 2.75) is 0 Å². The lowest BCUT2D eigenvalue weighted by Crippen LogP contribution is -1.88. The fourth-order valence-corrected chi connectivity index (χ4v) is 1.92. The Balaban J connectivity index is 2.10. The van der Waals surface area contributed by atoms with Crippen molar-refractivity contribution in [2.75, 3.05) is 0 Å². The largest absolute Gasteiger partial charge is 0.345 e. The predicted octanol–water partition coefficient (Wildman–Crippen LogP) is 3.66.